The number of aromatic nitrogens is 1. The Bertz CT molecular complexity index is 1570. The number of aliphatic carboxylic acids is 1. The van der Waals surface area contributed by atoms with E-state index in [0.29, 0.717) is 21.8 Å². The van der Waals surface area contributed by atoms with Crippen LogP contribution in [0, 0.1) is 0 Å². The van der Waals surface area contributed by atoms with Crippen molar-refractivity contribution >= 4 is 40.6 Å². The summed E-state index contributed by atoms with van der Waals surface area (Å²) in [5.41, 5.74) is 1.70. The molecule has 0 atom stereocenters. The minimum Gasteiger partial charge on any atom is -0.508 e. The monoisotopic (exact) mass is 602 g/mol. The molecule has 0 spiro atoms. The third kappa shape index (κ3) is 7.56. The van der Waals surface area contributed by atoms with Gasteiger partial charge in [-0.3, -0.25) is 14.6 Å². The number of phenolic OH excluding ortho intramolecular Hbond substituents is 1. The Kier molecular flexibility index (Phi) is 9.20. The van der Waals surface area contributed by atoms with Crippen LogP contribution in [0.15, 0.2) is 72.9 Å². The van der Waals surface area contributed by atoms with Crippen molar-refractivity contribution in [1.82, 2.24) is 4.98 Å². The number of anilines is 1. The number of phenols is 1. The van der Waals surface area contributed by atoms with Crippen LogP contribution >= 0.6 is 23.2 Å². The Morgan fingerprint density at radius 2 is 1.59 bits per heavy atom. The predicted molar refractivity (Wildman–Crippen MR) is 151 cm³/mol. The maximum atomic E-state index is 13.6. The maximum Gasteiger partial charge on any atom is 0.416 e. The topological polar surface area (TPSA) is 99.5 Å². The summed E-state index contributed by atoms with van der Waals surface area (Å²) in [6.07, 6.45) is -3.52. The summed E-state index contributed by atoms with van der Waals surface area (Å²) in [5.74, 6) is -1.98. The SMILES string of the molecule is O=C(O)CCCC(=O)c1ccc(-c2cc(C(F)(F)F)cc(O)c2CNc2ccc(-c3ccc(Cl)cc3)c(Cl)c2)cn1. The number of rotatable bonds is 10. The summed E-state index contributed by atoms with van der Waals surface area (Å²) < 4.78 is 40.8. The number of carbonyl (C=O) groups excluding carboxylic acids is 1. The van der Waals surface area contributed by atoms with Gasteiger partial charge in [0.05, 0.1) is 10.6 Å². The second kappa shape index (κ2) is 12.6. The van der Waals surface area contributed by atoms with Crippen LogP contribution in [-0.4, -0.2) is 26.9 Å². The molecule has 3 aromatic carbocycles. The van der Waals surface area contributed by atoms with E-state index in [-0.39, 0.29) is 54.0 Å². The number of nitrogens with one attached hydrogen (secondary N) is 1. The number of hydrogen-bond acceptors (Lipinski definition) is 5. The molecule has 0 bridgehead atoms. The van der Waals surface area contributed by atoms with Crippen LogP contribution in [-0.2, 0) is 17.5 Å². The van der Waals surface area contributed by atoms with Gasteiger partial charge in [-0.2, -0.15) is 13.2 Å². The molecule has 0 aliphatic rings. The van der Waals surface area contributed by atoms with E-state index < -0.39 is 23.5 Å². The third-order valence-electron chi connectivity index (χ3n) is 6.30. The van der Waals surface area contributed by atoms with E-state index in [1.807, 2.05) is 12.1 Å². The zero-order chi connectivity index (χ0) is 29.7. The largest absolute Gasteiger partial charge is 0.508 e. The summed E-state index contributed by atoms with van der Waals surface area (Å²) in [7, 11) is 0. The fourth-order valence-corrected chi connectivity index (χ4v) is 4.60. The standard InChI is InChI=1S/C30H23Cl2F3N2O4/c31-20-7-4-17(5-8-20)22-10-9-21(14-25(22)32)36-16-24-23(12-19(13-28(24)39)30(33,34)35)18-6-11-26(37-15-18)27(38)2-1-3-29(40)41/h4-15,36,39H,1-3,16H2,(H,40,41). The van der Waals surface area contributed by atoms with Gasteiger partial charge >= 0.3 is 12.1 Å². The van der Waals surface area contributed by atoms with E-state index >= 15 is 0 Å². The molecule has 0 unspecified atom stereocenters. The molecule has 0 amide bonds. The molecule has 0 aliphatic heterocycles. The fraction of sp³-hybridized carbons (Fsp3) is 0.167. The van der Waals surface area contributed by atoms with Crippen molar-refractivity contribution < 1.29 is 33.0 Å². The van der Waals surface area contributed by atoms with Crippen molar-refractivity contribution in [3.05, 3.63) is 99.8 Å². The summed E-state index contributed by atoms with van der Waals surface area (Å²) in [6.45, 7) is -0.0498. The molecule has 3 N–H and O–H groups in total. The molecule has 41 heavy (non-hydrogen) atoms. The normalized spacial score (nSPS) is 11.3. The Balaban J connectivity index is 1.60. The van der Waals surface area contributed by atoms with Crippen LogP contribution in [0.5, 0.6) is 5.75 Å². The first-order chi connectivity index (χ1) is 19.4. The third-order valence-corrected chi connectivity index (χ3v) is 6.87. The zero-order valence-electron chi connectivity index (χ0n) is 21.3. The second-order valence-electron chi connectivity index (χ2n) is 9.18. The quantitative estimate of drug-likeness (QED) is 0.157. The molecule has 0 aliphatic carbocycles. The van der Waals surface area contributed by atoms with Crippen LogP contribution in [0.1, 0.15) is 40.9 Å². The summed E-state index contributed by atoms with van der Waals surface area (Å²) >= 11 is 12.4. The molecule has 0 fully saturated rings. The highest BCUT2D eigenvalue weighted by Gasteiger charge is 2.32. The predicted octanol–water partition coefficient (Wildman–Crippen LogP) is 8.50. The lowest BCUT2D eigenvalue weighted by atomic mass is 9.96. The van der Waals surface area contributed by atoms with E-state index in [2.05, 4.69) is 10.3 Å². The molecule has 212 valence electrons. The number of nitrogens with zero attached hydrogens (tertiary/aromatic N) is 1. The van der Waals surface area contributed by atoms with Crippen LogP contribution in [0.2, 0.25) is 10.0 Å². The molecule has 1 heterocycles. The number of ketones is 1. The molecule has 6 nitrogen and oxygen atoms in total. The number of carboxylic acids is 1. The van der Waals surface area contributed by atoms with Crippen LogP contribution in [0.4, 0.5) is 18.9 Å². The first-order valence-corrected chi connectivity index (χ1v) is 13.1. The number of pyridine rings is 1. The zero-order valence-corrected chi connectivity index (χ0v) is 22.8. The second-order valence-corrected chi connectivity index (χ2v) is 10.0. The smallest absolute Gasteiger partial charge is 0.416 e. The first-order valence-electron chi connectivity index (χ1n) is 12.4. The van der Waals surface area contributed by atoms with Crippen LogP contribution < -0.4 is 5.32 Å². The van der Waals surface area contributed by atoms with Gasteiger partial charge in [0.25, 0.3) is 0 Å². The van der Waals surface area contributed by atoms with Gasteiger partial charge < -0.3 is 15.5 Å². The van der Waals surface area contributed by atoms with Gasteiger partial charge in [0.1, 0.15) is 11.4 Å². The highest BCUT2D eigenvalue weighted by Crippen LogP contribution is 2.39. The minimum absolute atomic E-state index is 0.0302. The van der Waals surface area contributed by atoms with E-state index in [1.54, 1.807) is 30.3 Å². The number of alkyl halides is 3. The molecule has 0 saturated carbocycles. The molecule has 0 radical (unpaired) electrons. The lowest BCUT2D eigenvalue weighted by Crippen LogP contribution is -2.09. The average molecular weight is 603 g/mol. The van der Waals surface area contributed by atoms with Crippen molar-refractivity contribution in [1.29, 1.82) is 0 Å². The molecule has 4 rings (SSSR count). The maximum absolute atomic E-state index is 13.6. The van der Waals surface area contributed by atoms with Crippen molar-refractivity contribution in [2.75, 3.05) is 5.32 Å². The average Bonchev–Trinajstić information content (AvgIpc) is 2.92. The molecule has 0 saturated heterocycles. The van der Waals surface area contributed by atoms with Gasteiger partial charge in [-0.05, 0) is 60.0 Å². The van der Waals surface area contributed by atoms with Crippen molar-refractivity contribution in [2.45, 2.75) is 32.0 Å². The lowest BCUT2D eigenvalue weighted by molar-refractivity contribution is -0.138. The number of halogens is 5. The number of carboxylic acid groups (broad SMARTS) is 1. The molecular formula is C30H23Cl2F3N2O4. The van der Waals surface area contributed by atoms with E-state index in [0.717, 1.165) is 17.2 Å². The highest BCUT2D eigenvalue weighted by molar-refractivity contribution is 6.33. The van der Waals surface area contributed by atoms with Gasteiger partial charge in [-0.25, -0.2) is 0 Å². The minimum atomic E-state index is -4.71. The summed E-state index contributed by atoms with van der Waals surface area (Å²) in [6, 6.07) is 16.7. The van der Waals surface area contributed by atoms with Gasteiger partial charge in [0, 0.05) is 53.0 Å². The van der Waals surface area contributed by atoms with Gasteiger partial charge in [-0.15, -0.1) is 0 Å². The van der Waals surface area contributed by atoms with Crippen molar-refractivity contribution in [3.63, 3.8) is 0 Å². The van der Waals surface area contributed by atoms with Crippen molar-refractivity contribution in [3.8, 4) is 28.0 Å². The number of benzene rings is 3. The summed E-state index contributed by atoms with van der Waals surface area (Å²) in [4.78, 5) is 27.1. The highest BCUT2D eigenvalue weighted by atomic mass is 35.5. The lowest BCUT2D eigenvalue weighted by Gasteiger charge is -2.17. The molecule has 1 aromatic heterocycles. The van der Waals surface area contributed by atoms with E-state index in [4.69, 9.17) is 28.3 Å². The Morgan fingerprint density at radius 3 is 2.20 bits per heavy atom. The van der Waals surface area contributed by atoms with E-state index in [1.165, 1.54) is 18.3 Å². The first kappa shape index (κ1) is 29.9. The molecule has 11 heteroatoms. The Hall–Kier alpha value is -4.08. The molecular weight excluding hydrogens is 580 g/mol. The van der Waals surface area contributed by atoms with Gasteiger partial charge in [0.2, 0.25) is 0 Å². The van der Waals surface area contributed by atoms with Crippen molar-refractivity contribution in [2.24, 2.45) is 0 Å². The number of Topliss-reactive ketones (excluding diaryl/α,β-unsaturated/α-hetero) is 1. The number of hydrogen-bond donors (Lipinski definition) is 3. The number of aromatic hydroxyl groups is 1. The molecule has 4 aromatic rings. The summed E-state index contributed by atoms with van der Waals surface area (Å²) in [5, 5.41) is 23.5. The Labute approximate surface area is 243 Å². The fourth-order valence-electron chi connectivity index (χ4n) is 4.19. The number of carbonyl (C=O) groups is 2. The van der Waals surface area contributed by atoms with Crippen LogP contribution in [0.25, 0.3) is 22.3 Å². The van der Waals surface area contributed by atoms with Gasteiger partial charge in [-0.1, -0.05) is 47.5 Å². The van der Waals surface area contributed by atoms with Gasteiger partial charge in [0.15, 0.2) is 5.78 Å². The Morgan fingerprint density at radius 1 is 0.878 bits per heavy atom. The van der Waals surface area contributed by atoms with E-state index in [9.17, 15) is 27.9 Å². The van der Waals surface area contributed by atoms with Crippen LogP contribution in [0.3, 0.4) is 0 Å².